The van der Waals surface area contributed by atoms with Gasteiger partial charge in [0.05, 0.1) is 17.2 Å². The van der Waals surface area contributed by atoms with E-state index in [9.17, 15) is 4.79 Å². The van der Waals surface area contributed by atoms with Crippen molar-refractivity contribution < 1.29 is 4.79 Å². The number of guanidine groups is 1. The number of piperidine rings is 1. The molecule has 1 unspecified atom stereocenters. The molecule has 1 fully saturated rings. The number of hydrogen-bond acceptors (Lipinski definition) is 4. The van der Waals surface area contributed by atoms with E-state index >= 15 is 0 Å². The number of nitrogens with one attached hydrogen (secondary N) is 2. The molecule has 6 nitrogen and oxygen atoms in total. The molecule has 1 atom stereocenters. The van der Waals surface area contributed by atoms with Gasteiger partial charge in [-0.3, -0.25) is 4.79 Å². The van der Waals surface area contributed by atoms with Gasteiger partial charge < -0.3 is 15.5 Å². The Morgan fingerprint density at radius 1 is 1.52 bits per heavy atom. The van der Waals surface area contributed by atoms with E-state index in [1.807, 2.05) is 14.0 Å². The lowest BCUT2D eigenvalue weighted by molar-refractivity contribution is -0.132. The van der Waals surface area contributed by atoms with Crippen molar-refractivity contribution in [3.05, 3.63) is 16.1 Å². The van der Waals surface area contributed by atoms with E-state index in [-0.39, 0.29) is 35.9 Å². The predicted molar refractivity (Wildman–Crippen MR) is 106 cm³/mol. The number of carbonyl (C=O) groups excluding carboxylic acids is 1. The van der Waals surface area contributed by atoms with Crippen LogP contribution in [-0.4, -0.2) is 47.9 Å². The van der Waals surface area contributed by atoms with E-state index in [4.69, 9.17) is 0 Å². The molecular formula is C15H26IN5OS. The fourth-order valence-electron chi connectivity index (χ4n) is 2.39. The highest BCUT2D eigenvalue weighted by Gasteiger charge is 2.23. The zero-order chi connectivity index (χ0) is 15.9. The van der Waals surface area contributed by atoms with E-state index in [0.29, 0.717) is 13.0 Å². The third kappa shape index (κ3) is 6.25. The molecule has 1 aromatic rings. The monoisotopic (exact) mass is 451 g/mol. The maximum Gasteiger partial charge on any atom is 0.222 e. The molecule has 0 spiro atoms. The zero-order valence-electron chi connectivity index (χ0n) is 14.0. The molecule has 1 aliphatic heterocycles. The highest BCUT2D eigenvalue weighted by atomic mass is 127. The number of aryl methyl sites for hydroxylation is 1. The molecule has 0 saturated carbocycles. The standard InChI is InChI=1S/C15H25N5OS.HI/c1-4-13-18-12(10-22-13)8-17-15(16-5-2)19-11-6-7-14(21)20(3)9-11;/h10-11H,4-9H2,1-3H3,(H2,16,17,19);1H. The average Bonchev–Trinajstić information content (AvgIpc) is 2.97. The second kappa shape index (κ2) is 10.1. The minimum atomic E-state index is 0. The normalized spacial score (nSPS) is 18.6. The number of aliphatic imine (C=N–C) groups is 1. The number of nitrogens with zero attached hydrogens (tertiary/aromatic N) is 3. The van der Waals surface area contributed by atoms with Crippen molar-refractivity contribution in [2.75, 3.05) is 20.1 Å². The van der Waals surface area contributed by atoms with Crippen molar-refractivity contribution in [3.8, 4) is 0 Å². The highest BCUT2D eigenvalue weighted by molar-refractivity contribution is 14.0. The lowest BCUT2D eigenvalue weighted by atomic mass is 10.1. The second-order valence-corrected chi connectivity index (χ2v) is 6.38. The largest absolute Gasteiger partial charge is 0.357 e. The summed E-state index contributed by atoms with van der Waals surface area (Å²) < 4.78 is 0. The van der Waals surface area contributed by atoms with Crippen LogP contribution >= 0.6 is 35.3 Å². The van der Waals surface area contributed by atoms with Crippen LogP contribution in [0, 0.1) is 0 Å². The van der Waals surface area contributed by atoms with E-state index < -0.39 is 0 Å². The van der Waals surface area contributed by atoms with Gasteiger partial charge in [-0.15, -0.1) is 35.3 Å². The molecule has 130 valence electrons. The van der Waals surface area contributed by atoms with Crippen LogP contribution in [0.3, 0.4) is 0 Å². The van der Waals surface area contributed by atoms with Crippen molar-refractivity contribution in [3.63, 3.8) is 0 Å². The molecule has 1 amide bonds. The van der Waals surface area contributed by atoms with E-state index in [0.717, 1.165) is 42.6 Å². The van der Waals surface area contributed by atoms with E-state index in [1.165, 1.54) is 0 Å². The number of carbonyl (C=O) groups is 1. The van der Waals surface area contributed by atoms with Crippen molar-refractivity contribution >= 4 is 47.2 Å². The minimum absolute atomic E-state index is 0. The molecule has 2 N–H and O–H groups in total. The molecule has 2 rings (SSSR count). The molecule has 0 aromatic carbocycles. The summed E-state index contributed by atoms with van der Waals surface area (Å²) >= 11 is 1.69. The lowest BCUT2D eigenvalue weighted by Crippen LogP contribution is -2.51. The number of likely N-dealkylation sites (N-methyl/N-ethyl adjacent to an activating group) is 1. The summed E-state index contributed by atoms with van der Waals surface area (Å²) in [6.45, 7) is 6.27. The number of hydrogen-bond donors (Lipinski definition) is 2. The SMILES string of the molecule is CCNC(=NCc1csc(CC)n1)NC1CCC(=O)N(C)C1.I. The molecule has 1 aromatic heterocycles. The summed E-state index contributed by atoms with van der Waals surface area (Å²) in [6.07, 6.45) is 2.42. The van der Waals surface area contributed by atoms with Gasteiger partial charge in [-0.05, 0) is 19.8 Å². The van der Waals surface area contributed by atoms with Crippen LogP contribution in [0.25, 0.3) is 0 Å². The molecule has 1 saturated heterocycles. The number of aromatic nitrogens is 1. The van der Waals surface area contributed by atoms with E-state index in [2.05, 4.69) is 32.9 Å². The summed E-state index contributed by atoms with van der Waals surface area (Å²) in [5.74, 6) is 1.01. The van der Waals surface area contributed by atoms with Gasteiger partial charge in [0.15, 0.2) is 5.96 Å². The first-order chi connectivity index (χ1) is 10.6. The van der Waals surface area contributed by atoms with Crippen LogP contribution in [0.4, 0.5) is 0 Å². The first-order valence-electron chi connectivity index (χ1n) is 7.84. The smallest absolute Gasteiger partial charge is 0.222 e. The molecule has 2 heterocycles. The van der Waals surface area contributed by atoms with Crippen LogP contribution in [0.1, 0.15) is 37.4 Å². The Balaban J connectivity index is 0.00000264. The fourth-order valence-corrected chi connectivity index (χ4v) is 3.12. The Kier molecular flexibility index (Phi) is 8.82. The zero-order valence-corrected chi connectivity index (χ0v) is 17.1. The molecule has 0 radical (unpaired) electrons. The summed E-state index contributed by atoms with van der Waals surface area (Å²) in [5.41, 5.74) is 1.01. The number of amides is 1. The molecule has 0 aliphatic carbocycles. The van der Waals surface area contributed by atoms with Gasteiger partial charge in [0.1, 0.15) is 0 Å². The van der Waals surface area contributed by atoms with Crippen molar-refractivity contribution in [2.24, 2.45) is 4.99 Å². The maximum absolute atomic E-state index is 11.5. The van der Waals surface area contributed by atoms with Gasteiger partial charge in [-0.25, -0.2) is 9.98 Å². The van der Waals surface area contributed by atoms with Gasteiger partial charge in [0, 0.05) is 38.0 Å². The van der Waals surface area contributed by atoms with Crippen molar-refractivity contribution in [2.45, 2.75) is 45.7 Å². The molecule has 1 aliphatic rings. The predicted octanol–water partition coefficient (Wildman–Crippen LogP) is 2.00. The number of thiazole rings is 1. The average molecular weight is 451 g/mol. The third-order valence-electron chi connectivity index (χ3n) is 3.61. The van der Waals surface area contributed by atoms with E-state index in [1.54, 1.807) is 16.2 Å². The molecule has 8 heteroatoms. The molecule has 0 bridgehead atoms. The topological polar surface area (TPSA) is 69.6 Å². The summed E-state index contributed by atoms with van der Waals surface area (Å²) in [4.78, 5) is 22.5. The first kappa shape index (κ1) is 20.1. The molecule has 23 heavy (non-hydrogen) atoms. The Hall–Kier alpha value is -0.900. The quantitative estimate of drug-likeness (QED) is 0.408. The number of halogens is 1. The Morgan fingerprint density at radius 3 is 2.91 bits per heavy atom. The highest BCUT2D eigenvalue weighted by Crippen LogP contribution is 2.11. The molecular weight excluding hydrogens is 425 g/mol. The van der Waals surface area contributed by atoms with Crippen LogP contribution in [0.2, 0.25) is 0 Å². The van der Waals surface area contributed by atoms with Gasteiger partial charge in [-0.2, -0.15) is 0 Å². The number of likely N-dealkylation sites (tertiary alicyclic amines) is 1. The Bertz CT molecular complexity index is 534. The first-order valence-corrected chi connectivity index (χ1v) is 8.72. The maximum atomic E-state index is 11.5. The van der Waals surface area contributed by atoms with Crippen LogP contribution < -0.4 is 10.6 Å². The van der Waals surface area contributed by atoms with Crippen molar-refractivity contribution in [1.82, 2.24) is 20.5 Å². The van der Waals surface area contributed by atoms with Gasteiger partial charge in [0.25, 0.3) is 0 Å². The summed E-state index contributed by atoms with van der Waals surface area (Å²) in [6, 6.07) is 0.252. The second-order valence-electron chi connectivity index (χ2n) is 5.44. The minimum Gasteiger partial charge on any atom is -0.357 e. The number of rotatable bonds is 5. The van der Waals surface area contributed by atoms with Crippen molar-refractivity contribution in [1.29, 1.82) is 0 Å². The third-order valence-corrected chi connectivity index (χ3v) is 4.65. The summed E-state index contributed by atoms with van der Waals surface area (Å²) in [7, 11) is 1.85. The lowest BCUT2D eigenvalue weighted by Gasteiger charge is -2.31. The van der Waals surface area contributed by atoms with Crippen LogP contribution in [0.5, 0.6) is 0 Å². The Labute approximate surface area is 159 Å². The van der Waals surface area contributed by atoms with Gasteiger partial charge in [0.2, 0.25) is 5.91 Å². The Morgan fingerprint density at radius 2 is 2.30 bits per heavy atom. The fraction of sp³-hybridized carbons (Fsp3) is 0.667. The van der Waals surface area contributed by atoms with Gasteiger partial charge >= 0.3 is 0 Å². The van der Waals surface area contributed by atoms with Gasteiger partial charge in [-0.1, -0.05) is 6.92 Å². The van der Waals surface area contributed by atoms with Crippen LogP contribution in [0.15, 0.2) is 10.4 Å². The summed E-state index contributed by atoms with van der Waals surface area (Å²) in [5, 5.41) is 9.89. The van der Waals surface area contributed by atoms with Crippen LogP contribution in [-0.2, 0) is 17.8 Å².